The van der Waals surface area contributed by atoms with E-state index in [9.17, 15) is 19.2 Å². The van der Waals surface area contributed by atoms with E-state index in [0.29, 0.717) is 39.3 Å². The summed E-state index contributed by atoms with van der Waals surface area (Å²) in [5.74, 6) is -0.426. The number of hydrogen-bond acceptors (Lipinski definition) is 5. The molecule has 1 heterocycles. The molecule has 3 rings (SSSR count). The van der Waals surface area contributed by atoms with Crippen LogP contribution in [0.4, 0.5) is 4.79 Å². The number of likely N-dealkylation sites (N-methyl/N-ethyl adjacent to an activating group) is 2. The summed E-state index contributed by atoms with van der Waals surface area (Å²) in [6.07, 6.45) is 10.3. The fraction of sp³-hybridized carbons (Fsp3) is 0.867. The molecule has 0 aromatic carbocycles. The number of ether oxygens (including phenoxy) is 1. The predicted molar refractivity (Wildman–Crippen MR) is 154 cm³/mol. The number of amides is 5. The normalized spacial score (nSPS) is 21.3. The van der Waals surface area contributed by atoms with Crippen LogP contribution in [0.25, 0.3) is 0 Å². The summed E-state index contributed by atoms with van der Waals surface area (Å²) in [4.78, 5) is 57.5. The minimum atomic E-state index is -0.728. The van der Waals surface area contributed by atoms with E-state index in [0.717, 1.165) is 64.2 Å². The van der Waals surface area contributed by atoms with Crippen molar-refractivity contribution in [1.82, 2.24) is 25.8 Å². The second kappa shape index (κ2) is 16.2. The lowest BCUT2D eigenvalue weighted by Crippen LogP contribution is -2.61. The maximum Gasteiger partial charge on any atom is 0.318 e. The van der Waals surface area contributed by atoms with Crippen molar-refractivity contribution >= 4 is 23.8 Å². The Labute approximate surface area is 240 Å². The highest BCUT2D eigenvalue weighted by atomic mass is 16.5. The van der Waals surface area contributed by atoms with Crippen molar-refractivity contribution in [3.63, 3.8) is 0 Å². The van der Waals surface area contributed by atoms with Gasteiger partial charge in [0.1, 0.15) is 18.1 Å². The van der Waals surface area contributed by atoms with Crippen molar-refractivity contribution in [2.75, 3.05) is 39.9 Å². The summed E-state index contributed by atoms with van der Waals surface area (Å²) in [5.41, 5.74) is 0. The fourth-order valence-corrected chi connectivity index (χ4v) is 6.50. The summed E-state index contributed by atoms with van der Waals surface area (Å²) in [5, 5.41) is 9.06. The first-order valence-electron chi connectivity index (χ1n) is 15.7. The Morgan fingerprint density at radius 2 is 1.38 bits per heavy atom. The molecule has 1 saturated heterocycles. The van der Waals surface area contributed by atoms with Crippen molar-refractivity contribution in [2.24, 2.45) is 17.8 Å². The molecule has 1 aliphatic heterocycles. The number of nitrogens with zero attached hydrogens (tertiary/aromatic N) is 2. The van der Waals surface area contributed by atoms with Crippen molar-refractivity contribution in [2.45, 2.75) is 110 Å². The second-order valence-corrected chi connectivity index (χ2v) is 12.3. The van der Waals surface area contributed by atoms with Gasteiger partial charge in [-0.3, -0.25) is 14.4 Å². The van der Waals surface area contributed by atoms with E-state index in [4.69, 9.17) is 4.74 Å². The highest BCUT2D eigenvalue weighted by molar-refractivity contribution is 5.94. The van der Waals surface area contributed by atoms with Gasteiger partial charge < -0.3 is 30.5 Å². The van der Waals surface area contributed by atoms with Gasteiger partial charge in [-0.2, -0.15) is 0 Å². The Kier molecular flexibility index (Phi) is 13.0. The molecule has 10 heteroatoms. The van der Waals surface area contributed by atoms with Crippen LogP contribution in [0.15, 0.2) is 0 Å². The molecule has 3 aliphatic rings. The van der Waals surface area contributed by atoms with Gasteiger partial charge in [0.15, 0.2) is 0 Å². The van der Waals surface area contributed by atoms with Crippen LogP contribution in [-0.2, 0) is 19.1 Å². The number of hydrogen-bond donors (Lipinski definition) is 3. The second-order valence-electron chi connectivity index (χ2n) is 12.3. The molecule has 5 amide bonds. The molecule has 3 N–H and O–H groups in total. The smallest absolute Gasteiger partial charge is 0.318 e. The minimum Gasteiger partial charge on any atom is -0.378 e. The van der Waals surface area contributed by atoms with Crippen LogP contribution in [0.1, 0.15) is 91.4 Å². The van der Waals surface area contributed by atoms with Gasteiger partial charge in [-0.15, -0.1) is 0 Å². The summed E-state index contributed by atoms with van der Waals surface area (Å²) in [6.45, 7) is 8.40. The lowest BCUT2D eigenvalue weighted by Gasteiger charge is -2.38. The van der Waals surface area contributed by atoms with E-state index >= 15 is 0 Å². The number of rotatable bonds is 11. The molecule has 10 nitrogen and oxygen atoms in total. The van der Waals surface area contributed by atoms with Gasteiger partial charge >= 0.3 is 6.03 Å². The van der Waals surface area contributed by atoms with Gasteiger partial charge in [0.25, 0.3) is 0 Å². The average molecular weight is 564 g/mol. The summed E-state index contributed by atoms with van der Waals surface area (Å²) >= 11 is 0. The number of nitrogens with one attached hydrogen (secondary N) is 3. The first-order valence-corrected chi connectivity index (χ1v) is 15.7. The Hall–Kier alpha value is -2.36. The van der Waals surface area contributed by atoms with Crippen LogP contribution in [0.5, 0.6) is 0 Å². The molecule has 3 atom stereocenters. The predicted octanol–water partition coefficient (Wildman–Crippen LogP) is 3.05. The van der Waals surface area contributed by atoms with E-state index in [1.807, 2.05) is 20.8 Å². The monoisotopic (exact) mass is 563 g/mol. The highest BCUT2D eigenvalue weighted by Gasteiger charge is 2.40. The number of carbonyl (C=O) groups is 4. The topological polar surface area (TPSA) is 120 Å². The molecule has 2 saturated carbocycles. The molecule has 2 aliphatic carbocycles. The van der Waals surface area contributed by atoms with Crippen molar-refractivity contribution < 1.29 is 23.9 Å². The third-order valence-electron chi connectivity index (χ3n) is 8.83. The van der Waals surface area contributed by atoms with E-state index in [1.165, 1.54) is 0 Å². The molecule has 0 unspecified atom stereocenters. The van der Waals surface area contributed by atoms with Gasteiger partial charge in [0.2, 0.25) is 17.7 Å². The van der Waals surface area contributed by atoms with Crippen LogP contribution >= 0.6 is 0 Å². The molecular formula is C30H53N5O5. The van der Waals surface area contributed by atoms with Crippen molar-refractivity contribution in [3.8, 4) is 0 Å². The molecule has 3 fully saturated rings. The van der Waals surface area contributed by atoms with Gasteiger partial charge in [-0.1, -0.05) is 52.4 Å². The van der Waals surface area contributed by atoms with Gasteiger partial charge in [0.05, 0.1) is 13.2 Å². The van der Waals surface area contributed by atoms with Crippen molar-refractivity contribution in [1.29, 1.82) is 0 Å². The molecule has 0 spiro atoms. The molecule has 0 radical (unpaired) electrons. The standard InChI is InChI=1S/C30H53N5O5/c1-5-31-27(36)24(20-21(2)3)34(4)29(38)26(23-14-10-7-11-15-23)32-28(37)25(22-12-8-6-9-13-22)33-30(39)35-16-18-40-19-17-35/h21-26H,5-20H2,1-4H3,(H,31,36)(H,32,37)(H,33,39)/t24-,25-,26-/m1/s1. The van der Waals surface area contributed by atoms with E-state index in [1.54, 1.807) is 16.8 Å². The first-order chi connectivity index (χ1) is 19.2. The third kappa shape index (κ3) is 9.08. The molecule has 228 valence electrons. The van der Waals surface area contributed by atoms with Crippen LogP contribution in [0.2, 0.25) is 0 Å². The Morgan fingerprint density at radius 3 is 1.90 bits per heavy atom. The summed E-state index contributed by atoms with van der Waals surface area (Å²) in [7, 11) is 1.69. The highest BCUT2D eigenvalue weighted by Crippen LogP contribution is 2.30. The minimum absolute atomic E-state index is 0.00327. The van der Waals surface area contributed by atoms with Gasteiger partial charge in [-0.05, 0) is 56.8 Å². The van der Waals surface area contributed by atoms with Crippen LogP contribution in [0, 0.1) is 17.8 Å². The lowest BCUT2D eigenvalue weighted by molar-refractivity contribution is -0.144. The van der Waals surface area contributed by atoms with Gasteiger partial charge in [0, 0.05) is 26.7 Å². The largest absolute Gasteiger partial charge is 0.378 e. The number of carbonyl (C=O) groups excluding carboxylic acids is 4. The van der Waals surface area contributed by atoms with Crippen molar-refractivity contribution in [3.05, 3.63) is 0 Å². The van der Waals surface area contributed by atoms with Crippen LogP contribution < -0.4 is 16.0 Å². The summed E-state index contributed by atoms with van der Waals surface area (Å²) < 4.78 is 5.39. The molecule has 0 aromatic rings. The SMILES string of the molecule is CCNC(=O)[C@@H](CC(C)C)N(C)C(=O)[C@H](NC(=O)[C@H](NC(=O)N1CCOCC1)C1CCCCC1)C1CCCCC1. The zero-order valence-corrected chi connectivity index (χ0v) is 25.2. The maximum atomic E-state index is 14.1. The van der Waals surface area contributed by atoms with E-state index in [2.05, 4.69) is 16.0 Å². The zero-order chi connectivity index (χ0) is 29.1. The fourth-order valence-electron chi connectivity index (χ4n) is 6.50. The zero-order valence-electron chi connectivity index (χ0n) is 25.2. The van der Waals surface area contributed by atoms with Crippen LogP contribution in [0.3, 0.4) is 0 Å². The summed E-state index contributed by atoms with van der Waals surface area (Å²) in [6, 6.07) is -2.28. The van der Waals surface area contributed by atoms with E-state index < -0.39 is 18.1 Å². The molecule has 40 heavy (non-hydrogen) atoms. The van der Waals surface area contributed by atoms with Crippen LogP contribution in [-0.4, -0.2) is 91.6 Å². The van der Waals surface area contributed by atoms with Gasteiger partial charge in [-0.25, -0.2) is 4.79 Å². The third-order valence-corrected chi connectivity index (χ3v) is 8.83. The number of morpholine rings is 1. The molecule has 0 aromatic heterocycles. The Morgan fingerprint density at radius 1 is 0.825 bits per heavy atom. The molecule has 0 bridgehead atoms. The Balaban J connectivity index is 1.82. The average Bonchev–Trinajstić information content (AvgIpc) is 2.97. The lowest BCUT2D eigenvalue weighted by atomic mass is 9.81. The number of urea groups is 1. The Bertz CT molecular complexity index is 834. The maximum absolute atomic E-state index is 14.1. The molecular weight excluding hydrogens is 510 g/mol. The van der Waals surface area contributed by atoms with E-state index in [-0.39, 0.29) is 41.5 Å². The quantitative estimate of drug-likeness (QED) is 0.357. The first kappa shape index (κ1) is 32.2.